The molecule has 0 saturated carbocycles. The van der Waals surface area contributed by atoms with E-state index in [0.29, 0.717) is 22.8 Å². The smallest absolute Gasteiger partial charge is 0.270 e. The molecule has 1 aliphatic rings. The zero-order chi connectivity index (χ0) is 21.8. The number of ether oxygens (including phenoxy) is 2. The summed E-state index contributed by atoms with van der Waals surface area (Å²) in [6.07, 6.45) is 1.50. The number of aromatic nitrogens is 2. The fourth-order valence-electron chi connectivity index (χ4n) is 3.67. The Morgan fingerprint density at radius 2 is 1.65 bits per heavy atom. The number of anilines is 2. The summed E-state index contributed by atoms with van der Waals surface area (Å²) in [6.45, 7) is 3.23. The standard InChI is InChI=1S/C22H23N5O4/c1-30-20-7-6-17(13-21(20)31-2)25-8-10-26(11-9-25)22-14-19(23-15-24-22)16-4-3-5-18(12-16)27(28)29/h3-7,12-15H,8-11H2,1-2H3. The van der Waals surface area contributed by atoms with E-state index in [0.717, 1.165) is 37.7 Å². The summed E-state index contributed by atoms with van der Waals surface area (Å²) in [6, 6.07) is 14.3. The van der Waals surface area contributed by atoms with Crippen molar-refractivity contribution in [1.82, 2.24) is 9.97 Å². The van der Waals surface area contributed by atoms with Crippen molar-refractivity contribution in [3.8, 4) is 22.8 Å². The number of piperazine rings is 1. The quantitative estimate of drug-likeness (QED) is 0.442. The molecular formula is C22H23N5O4. The summed E-state index contributed by atoms with van der Waals surface area (Å²) in [7, 11) is 3.26. The molecule has 9 heteroatoms. The summed E-state index contributed by atoms with van der Waals surface area (Å²) in [5, 5.41) is 11.1. The molecule has 1 aliphatic heterocycles. The summed E-state index contributed by atoms with van der Waals surface area (Å²) in [5.41, 5.74) is 2.48. The zero-order valence-electron chi connectivity index (χ0n) is 17.4. The van der Waals surface area contributed by atoms with Gasteiger partial charge in [-0.25, -0.2) is 9.97 Å². The van der Waals surface area contributed by atoms with Crippen molar-refractivity contribution in [2.75, 3.05) is 50.2 Å². The number of non-ortho nitro benzene ring substituents is 1. The lowest BCUT2D eigenvalue weighted by Crippen LogP contribution is -2.46. The van der Waals surface area contributed by atoms with Gasteiger partial charge in [0.05, 0.1) is 24.8 Å². The fourth-order valence-corrected chi connectivity index (χ4v) is 3.67. The summed E-state index contributed by atoms with van der Waals surface area (Å²) in [4.78, 5) is 23.9. The first-order chi connectivity index (χ1) is 15.1. The van der Waals surface area contributed by atoms with E-state index in [-0.39, 0.29) is 5.69 Å². The monoisotopic (exact) mass is 421 g/mol. The molecule has 0 bridgehead atoms. The van der Waals surface area contributed by atoms with Crippen LogP contribution < -0.4 is 19.3 Å². The molecule has 0 N–H and O–H groups in total. The molecule has 0 unspecified atom stereocenters. The van der Waals surface area contributed by atoms with E-state index in [2.05, 4.69) is 19.8 Å². The minimum atomic E-state index is -0.404. The second kappa shape index (κ2) is 8.86. The van der Waals surface area contributed by atoms with Gasteiger partial charge < -0.3 is 19.3 Å². The average Bonchev–Trinajstić information content (AvgIpc) is 2.84. The maximum Gasteiger partial charge on any atom is 0.270 e. The number of benzene rings is 2. The minimum Gasteiger partial charge on any atom is -0.493 e. The number of rotatable bonds is 6. The maximum atomic E-state index is 11.1. The van der Waals surface area contributed by atoms with Gasteiger partial charge >= 0.3 is 0 Å². The lowest BCUT2D eigenvalue weighted by Gasteiger charge is -2.37. The Morgan fingerprint density at radius 1 is 0.903 bits per heavy atom. The van der Waals surface area contributed by atoms with E-state index in [1.807, 2.05) is 30.3 Å². The predicted molar refractivity (Wildman–Crippen MR) is 118 cm³/mol. The first-order valence-corrected chi connectivity index (χ1v) is 9.88. The largest absolute Gasteiger partial charge is 0.493 e. The second-order valence-electron chi connectivity index (χ2n) is 7.08. The number of methoxy groups -OCH3 is 2. The highest BCUT2D eigenvalue weighted by Crippen LogP contribution is 2.32. The molecular weight excluding hydrogens is 398 g/mol. The molecule has 31 heavy (non-hydrogen) atoms. The summed E-state index contributed by atoms with van der Waals surface area (Å²) in [5.74, 6) is 2.22. The van der Waals surface area contributed by atoms with Crippen molar-refractivity contribution in [3.05, 3.63) is 65.0 Å². The molecule has 160 valence electrons. The lowest BCUT2D eigenvalue weighted by molar-refractivity contribution is -0.384. The summed E-state index contributed by atoms with van der Waals surface area (Å²) >= 11 is 0. The molecule has 2 heterocycles. The molecule has 0 spiro atoms. The van der Waals surface area contributed by atoms with E-state index in [1.54, 1.807) is 20.3 Å². The van der Waals surface area contributed by atoms with Crippen LogP contribution in [0.15, 0.2) is 54.9 Å². The molecule has 0 aliphatic carbocycles. The van der Waals surface area contributed by atoms with Crippen LogP contribution in [0.5, 0.6) is 11.5 Å². The van der Waals surface area contributed by atoms with Gasteiger partial charge in [-0.15, -0.1) is 0 Å². The third kappa shape index (κ3) is 4.35. The van der Waals surface area contributed by atoms with Crippen LogP contribution in [-0.2, 0) is 0 Å². The van der Waals surface area contributed by atoms with E-state index < -0.39 is 4.92 Å². The Hall–Kier alpha value is -3.88. The van der Waals surface area contributed by atoms with Crippen molar-refractivity contribution in [1.29, 1.82) is 0 Å². The SMILES string of the molecule is COc1ccc(N2CCN(c3cc(-c4cccc([N+](=O)[O-])c4)ncn3)CC2)cc1OC. The number of hydrogen-bond donors (Lipinski definition) is 0. The Labute approximate surface area is 180 Å². The third-order valence-corrected chi connectivity index (χ3v) is 5.34. The maximum absolute atomic E-state index is 11.1. The first-order valence-electron chi connectivity index (χ1n) is 9.88. The Morgan fingerprint density at radius 3 is 2.35 bits per heavy atom. The highest BCUT2D eigenvalue weighted by Gasteiger charge is 2.20. The number of nitrogens with zero attached hydrogens (tertiary/aromatic N) is 5. The normalized spacial score (nSPS) is 13.7. The highest BCUT2D eigenvalue weighted by molar-refractivity contribution is 5.65. The number of nitro benzene ring substituents is 1. The van der Waals surface area contributed by atoms with Gasteiger partial charge in [-0.2, -0.15) is 0 Å². The lowest BCUT2D eigenvalue weighted by atomic mass is 10.1. The van der Waals surface area contributed by atoms with Crippen molar-refractivity contribution in [3.63, 3.8) is 0 Å². The molecule has 1 saturated heterocycles. The highest BCUT2D eigenvalue weighted by atomic mass is 16.6. The van der Waals surface area contributed by atoms with E-state index in [9.17, 15) is 10.1 Å². The van der Waals surface area contributed by atoms with Crippen LogP contribution in [0.4, 0.5) is 17.2 Å². The van der Waals surface area contributed by atoms with Gasteiger partial charge in [0.2, 0.25) is 0 Å². The molecule has 0 amide bonds. The van der Waals surface area contributed by atoms with Gasteiger partial charge in [-0.05, 0) is 12.1 Å². The van der Waals surface area contributed by atoms with Crippen molar-refractivity contribution < 1.29 is 14.4 Å². The fraction of sp³-hybridized carbons (Fsp3) is 0.273. The first kappa shape index (κ1) is 20.4. The molecule has 1 aromatic heterocycles. The van der Waals surface area contributed by atoms with E-state index in [1.165, 1.54) is 18.5 Å². The number of hydrogen-bond acceptors (Lipinski definition) is 8. The van der Waals surface area contributed by atoms with Gasteiger partial charge in [0.15, 0.2) is 11.5 Å². The van der Waals surface area contributed by atoms with Crippen LogP contribution in [0.25, 0.3) is 11.3 Å². The van der Waals surface area contributed by atoms with E-state index in [4.69, 9.17) is 9.47 Å². The molecule has 0 radical (unpaired) electrons. The Balaban J connectivity index is 1.48. The molecule has 1 fully saturated rings. The van der Waals surface area contributed by atoms with Crippen molar-refractivity contribution in [2.45, 2.75) is 0 Å². The van der Waals surface area contributed by atoms with Crippen molar-refractivity contribution in [2.24, 2.45) is 0 Å². The van der Waals surface area contributed by atoms with Gasteiger partial charge in [0.1, 0.15) is 12.1 Å². The molecule has 3 aromatic rings. The summed E-state index contributed by atoms with van der Waals surface area (Å²) < 4.78 is 10.7. The topological polar surface area (TPSA) is 93.9 Å². The molecule has 9 nitrogen and oxygen atoms in total. The van der Waals surface area contributed by atoms with Crippen LogP contribution in [-0.4, -0.2) is 55.3 Å². The molecule has 2 aromatic carbocycles. The second-order valence-corrected chi connectivity index (χ2v) is 7.08. The van der Waals surface area contributed by atoms with Crippen LogP contribution in [0.2, 0.25) is 0 Å². The molecule has 4 rings (SSSR count). The van der Waals surface area contributed by atoms with Crippen LogP contribution in [0.3, 0.4) is 0 Å². The van der Waals surface area contributed by atoms with Crippen LogP contribution >= 0.6 is 0 Å². The van der Waals surface area contributed by atoms with Crippen molar-refractivity contribution >= 4 is 17.2 Å². The Kier molecular flexibility index (Phi) is 5.83. The van der Waals surface area contributed by atoms with Gasteiger partial charge in [-0.1, -0.05) is 12.1 Å². The predicted octanol–water partition coefficient (Wildman–Crippen LogP) is 3.40. The van der Waals surface area contributed by atoms with E-state index >= 15 is 0 Å². The average molecular weight is 421 g/mol. The van der Waals surface area contributed by atoms with Crippen LogP contribution in [0.1, 0.15) is 0 Å². The molecule has 0 atom stereocenters. The minimum absolute atomic E-state index is 0.0428. The Bertz CT molecular complexity index is 1080. The van der Waals surface area contributed by atoms with Gasteiger partial charge in [-0.3, -0.25) is 10.1 Å². The third-order valence-electron chi connectivity index (χ3n) is 5.34. The number of nitro groups is 1. The van der Waals surface area contributed by atoms with Gasteiger partial charge in [0.25, 0.3) is 5.69 Å². The van der Waals surface area contributed by atoms with Gasteiger partial charge in [0, 0.05) is 61.7 Å². The zero-order valence-corrected chi connectivity index (χ0v) is 17.4. The van der Waals surface area contributed by atoms with Crippen LogP contribution in [0, 0.1) is 10.1 Å².